The van der Waals surface area contributed by atoms with Gasteiger partial charge < -0.3 is 13.7 Å². The third kappa shape index (κ3) is 5.22. The first-order chi connectivity index (χ1) is 15.0. The topological polar surface area (TPSA) is 59.5 Å². The van der Waals surface area contributed by atoms with Crippen LogP contribution in [0, 0.1) is 5.82 Å². The van der Waals surface area contributed by atoms with Gasteiger partial charge in [0.05, 0.1) is 12.7 Å². The van der Waals surface area contributed by atoms with Crippen molar-refractivity contribution in [1.82, 2.24) is 9.88 Å². The van der Waals surface area contributed by atoms with Gasteiger partial charge in [0, 0.05) is 36.0 Å². The summed E-state index contributed by atoms with van der Waals surface area (Å²) in [6.45, 7) is 0.360. The van der Waals surface area contributed by atoms with E-state index in [4.69, 9.17) is 20.4 Å². The van der Waals surface area contributed by atoms with E-state index in [1.54, 1.807) is 42.4 Å². The van der Waals surface area contributed by atoms with E-state index < -0.39 is 0 Å². The summed E-state index contributed by atoms with van der Waals surface area (Å²) in [6, 6.07) is 17.1. The van der Waals surface area contributed by atoms with E-state index in [9.17, 15) is 9.18 Å². The van der Waals surface area contributed by atoms with Crippen molar-refractivity contribution in [2.24, 2.45) is 0 Å². The van der Waals surface area contributed by atoms with E-state index in [1.807, 2.05) is 24.3 Å². The van der Waals surface area contributed by atoms with Crippen molar-refractivity contribution in [3.8, 4) is 22.6 Å². The number of furan rings is 1. The highest BCUT2D eigenvalue weighted by molar-refractivity contribution is 6.30. The number of carbonyl (C=O) groups excluding carboxylic acids is 1. The second kappa shape index (κ2) is 9.18. The Hall–Kier alpha value is -3.38. The van der Waals surface area contributed by atoms with Crippen molar-refractivity contribution in [2.75, 3.05) is 7.05 Å². The van der Waals surface area contributed by atoms with Crippen molar-refractivity contribution in [1.29, 1.82) is 0 Å². The van der Waals surface area contributed by atoms with Gasteiger partial charge in [-0.1, -0.05) is 11.6 Å². The van der Waals surface area contributed by atoms with Crippen LogP contribution >= 0.6 is 11.6 Å². The Bertz CT molecular complexity index is 1170. The minimum atomic E-state index is -0.311. The van der Waals surface area contributed by atoms with Crippen LogP contribution in [0.4, 0.5) is 4.39 Å². The molecule has 0 spiro atoms. The van der Waals surface area contributed by atoms with Crippen LogP contribution < -0.4 is 0 Å². The van der Waals surface area contributed by atoms with Crippen LogP contribution in [-0.2, 0) is 17.8 Å². The highest BCUT2D eigenvalue weighted by Gasteiger charge is 2.14. The molecular formula is C24H20ClFN2O3. The monoisotopic (exact) mass is 438 g/mol. The zero-order chi connectivity index (χ0) is 21.8. The standard InChI is InChI=1S/C24H20ClFN2O3/c1-28(15-20-10-11-21(30-20)16-2-6-18(25)7-3-16)24(29)13-12-23-27-14-22(31-23)17-4-8-19(26)9-5-17/h2-11,14H,12-13,15H2,1H3. The number of halogens is 2. The third-order valence-electron chi connectivity index (χ3n) is 4.84. The molecule has 0 aliphatic carbocycles. The molecule has 0 bridgehead atoms. The molecule has 31 heavy (non-hydrogen) atoms. The lowest BCUT2D eigenvalue weighted by molar-refractivity contribution is -0.130. The van der Waals surface area contributed by atoms with Crippen molar-refractivity contribution in [2.45, 2.75) is 19.4 Å². The molecular weight excluding hydrogens is 419 g/mol. The first-order valence-corrected chi connectivity index (χ1v) is 10.1. The zero-order valence-electron chi connectivity index (χ0n) is 16.8. The van der Waals surface area contributed by atoms with E-state index in [-0.39, 0.29) is 18.1 Å². The summed E-state index contributed by atoms with van der Waals surface area (Å²) in [5.74, 6) is 2.06. The molecule has 4 aromatic rings. The Labute approximate surface area is 184 Å². The summed E-state index contributed by atoms with van der Waals surface area (Å²) in [4.78, 5) is 18.3. The summed E-state index contributed by atoms with van der Waals surface area (Å²) in [5.41, 5.74) is 1.66. The summed E-state index contributed by atoms with van der Waals surface area (Å²) in [5, 5.41) is 0.664. The maximum atomic E-state index is 13.1. The molecule has 1 amide bonds. The fourth-order valence-corrected chi connectivity index (χ4v) is 3.26. The van der Waals surface area contributed by atoms with Gasteiger partial charge in [-0.15, -0.1) is 0 Å². The molecule has 2 aromatic heterocycles. The fraction of sp³-hybridized carbons (Fsp3) is 0.167. The molecule has 0 aliphatic heterocycles. The summed E-state index contributed by atoms with van der Waals surface area (Å²) in [7, 11) is 1.73. The molecule has 158 valence electrons. The molecule has 0 saturated carbocycles. The molecule has 4 rings (SSSR count). The van der Waals surface area contributed by atoms with Crippen molar-refractivity contribution in [3.05, 3.63) is 89.4 Å². The number of oxazole rings is 1. The molecule has 0 saturated heterocycles. The molecule has 0 fully saturated rings. The highest BCUT2D eigenvalue weighted by atomic mass is 35.5. The zero-order valence-corrected chi connectivity index (χ0v) is 17.6. The maximum absolute atomic E-state index is 13.1. The van der Waals surface area contributed by atoms with Gasteiger partial charge in [-0.3, -0.25) is 4.79 Å². The Morgan fingerprint density at radius 1 is 0.968 bits per heavy atom. The Morgan fingerprint density at radius 2 is 1.65 bits per heavy atom. The van der Waals surface area contributed by atoms with E-state index >= 15 is 0 Å². The predicted octanol–water partition coefficient (Wildman–Crippen LogP) is 5.99. The van der Waals surface area contributed by atoms with Crippen molar-refractivity contribution < 1.29 is 18.0 Å². The second-order valence-electron chi connectivity index (χ2n) is 7.15. The van der Waals surface area contributed by atoms with E-state index in [0.29, 0.717) is 35.4 Å². The lowest BCUT2D eigenvalue weighted by atomic mass is 10.2. The summed E-state index contributed by atoms with van der Waals surface area (Å²) in [6.07, 6.45) is 2.21. The third-order valence-corrected chi connectivity index (χ3v) is 5.10. The maximum Gasteiger partial charge on any atom is 0.223 e. The summed E-state index contributed by atoms with van der Waals surface area (Å²) < 4.78 is 24.6. The molecule has 2 heterocycles. The number of rotatable bonds is 7. The number of aryl methyl sites for hydroxylation is 1. The number of nitrogens with zero attached hydrogens (tertiary/aromatic N) is 2. The normalized spacial score (nSPS) is 10.9. The van der Waals surface area contributed by atoms with E-state index in [1.165, 1.54) is 12.1 Å². The van der Waals surface area contributed by atoms with Gasteiger partial charge in [-0.25, -0.2) is 9.37 Å². The van der Waals surface area contributed by atoms with E-state index in [0.717, 1.165) is 16.9 Å². The largest absolute Gasteiger partial charge is 0.459 e. The quantitative estimate of drug-likeness (QED) is 0.356. The molecule has 0 unspecified atom stereocenters. The molecule has 0 atom stereocenters. The minimum Gasteiger partial charge on any atom is -0.459 e. The summed E-state index contributed by atoms with van der Waals surface area (Å²) >= 11 is 5.92. The molecule has 0 aliphatic rings. The van der Waals surface area contributed by atoms with E-state index in [2.05, 4.69) is 4.98 Å². The lowest BCUT2D eigenvalue weighted by Gasteiger charge is -2.15. The number of hydrogen-bond acceptors (Lipinski definition) is 4. The van der Waals surface area contributed by atoms with Gasteiger partial charge in [-0.05, 0) is 60.7 Å². The van der Waals surface area contributed by atoms with Crippen LogP contribution in [0.2, 0.25) is 5.02 Å². The Balaban J connectivity index is 1.31. The fourth-order valence-electron chi connectivity index (χ4n) is 3.13. The molecule has 7 heteroatoms. The van der Waals surface area contributed by atoms with Crippen LogP contribution in [-0.4, -0.2) is 22.8 Å². The number of amides is 1. The number of hydrogen-bond donors (Lipinski definition) is 0. The average molecular weight is 439 g/mol. The molecule has 2 aromatic carbocycles. The minimum absolute atomic E-state index is 0.0500. The lowest BCUT2D eigenvalue weighted by Crippen LogP contribution is -2.26. The average Bonchev–Trinajstić information content (AvgIpc) is 3.43. The van der Waals surface area contributed by atoms with Crippen LogP contribution in [0.1, 0.15) is 18.1 Å². The van der Waals surface area contributed by atoms with Crippen molar-refractivity contribution in [3.63, 3.8) is 0 Å². The van der Waals surface area contributed by atoms with Gasteiger partial charge in [0.25, 0.3) is 0 Å². The van der Waals surface area contributed by atoms with Crippen LogP contribution in [0.5, 0.6) is 0 Å². The molecule has 5 nitrogen and oxygen atoms in total. The van der Waals surface area contributed by atoms with Gasteiger partial charge in [-0.2, -0.15) is 0 Å². The number of carbonyl (C=O) groups is 1. The van der Waals surface area contributed by atoms with Crippen LogP contribution in [0.15, 0.2) is 75.7 Å². The highest BCUT2D eigenvalue weighted by Crippen LogP contribution is 2.25. The number of benzene rings is 2. The van der Waals surface area contributed by atoms with Gasteiger partial charge >= 0.3 is 0 Å². The predicted molar refractivity (Wildman–Crippen MR) is 116 cm³/mol. The van der Waals surface area contributed by atoms with Gasteiger partial charge in [0.1, 0.15) is 17.3 Å². The van der Waals surface area contributed by atoms with Crippen LogP contribution in [0.25, 0.3) is 22.6 Å². The van der Waals surface area contributed by atoms with Gasteiger partial charge in [0.2, 0.25) is 5.91 Å². The Morgan fingerprint density at radius 3 is 2.39 bits per heavy atom. The SMILES string of the molecule is CN(Cc1ccc(-c2ccc(Cl)cc2)o1)C(=O)CCc1ncc(-c2ccc(F)cc2)o1. The van der Waals surface area contributed by atoms with Crippen LogP contribution in [0.3, 0.4) is 0 Å². The number of aromatic nitrogens is 1. The van der Waals surface area contributed by atoms with Crippen molar-refractivity contribution >= 4 is 17.5 Å². The molecule has 0 N–H and O–H groups in total. The first-order valence-electron chi connectivity index (χ1n) is 9.77. The second-order valence-corrected chi connectivity index (χ2v) is 7.58. The van der Waals surface area contributed by atoms with Gasteiger partial charge in [0.15, 0.2) is 11.7 Å². The first kappa shape index (κ1) is 20.9. The Kier molecular flexibility index (Phi) is 6.18. The molecule has 0 radical (unpaired) electrons. The smallest absolute Gasteiger partial charge is 0.223 e.